The number of carbonyl (C=O) groups excluding carboxylic acids is 1. The van der Waals surface area contributed by atoms with Gasteiger partial charge in [0.15, 0.2) is 0 Å². The van der Waals surface area contributed by atoms with E-state index < -0.39 is 6.09 Å². The van der Waals surface area contributed by atoms with E-state index in [1.54, 1.807) is 0 Å². The van der Waals surface area contributed by atoms with Crippen LogP contribution in [0.2, 0.25) is 0 Å². The fraction of sp³-hybridized carbons (Fsp3) is 0.444. The smallest absolute Gasteiger partial charge is 0.408 e. The number of nitrogens with one attached hydrogen (secondary N) is 1. The van der Waals surface area contributed by atoms with Crippen LogP contribution in [0, 0.1) is 0 Å². The van der Waals surface area contributed by atoms with Gasteiger partial charge in [0, 0.05) is 13.1 Å². The average Bonchev–Trinajstić information content (AvgIpc) is 3.06. The molecule has 1 amide bonds. The summed E-state index contributed by atoms with van der Waals surface area (Å²) in [6, 6.07) is 9.39. The standard InChI is InChI=1S/C18H24N2O2S/c1-14(2)12-16(17(23)20-10-6-7-11-20)19-18(21)22-13-15-8-4-3-5-9-15/h3-5,8-9,16H,1,6-7,10-13H2,2H3,(H,19,21)/t16-/m1/s1. The van der Waals surface area contributed by atoms with Crippen molar-refractivity contribution in [2.45, 2.75) is 38.8 Å². The van der Waals surface area contributed by atoms with Crippen LogP contribution in [0.5, 0.6) is 0 Å². The van der Waals surface area contributed by atoms with Gasteiger partial charge in [-0.15, -0.1) is 6.58 Å². The van der Waals surface area contributed by atoms with Crippen LogP contribution in [-0.4, -0.2) is 35.1 Å². The summed E-state index contributed by atoms with van der Waals surface area (Å²) in [4.78, 5) is 15.0. The van der Waals surface area contributed by atoms with Gasteiger partial charge in [-0.25, -0.2) is 4.79 Å². The van der Waals surface area contributed by atoms with Crippen LogP contribution in [0.25, 0.3) is 0 Å². The molecule has 1 fully saturated rings. The second kappa shape index (κ2) is 8.67. The molecule has 0 radical (unpaired) electrons. The van der Waals surface area contributed by atoms with Crippen LogP contribution in [0.1, 0.15) is 31.7 Å². The zero-order valence-corrected chi connectivity index (χ0v) is 14.4. The number of thiocarbonyl (C=S) groups is 1. The van der Waals surface area contributed by atoms with E-state index in [-0.39, 0.29) is 12.6 Å². The van der Waals surface area contributed by atoms with Crippen molar-refractivity contribution in [1.29, 1.82) is 0 Å². The van der Waals surface area contributed by atoms with E-state index in [0.717, 1.165) is 42.1 Å². The molecule has 1 saturated heterocycles. The summed E-state index contributed by atoms with van der Waals surface area (Å²) < 4.78 is 5.30. The summed E-state index contributed by atoms with van der Waals surface area (Å²) in [6.45, 7) is 8.06. The zero-order valence-electron chi connectivity index (χ0n) is 13.6. The number of amides is 1. The summed E-state index contributed by atoms with van der Waals surface area (Å²) >= 11 is 5.56. The largest absolute Gasteiger partial charge is 0.445 e. The molecule has 0 bridgehead atoms. The topological polar surface area (TPSA) is 41.6 Å². The number of carbonyl (C=O) groups is 1. The molecule has 1 heterocycles. The van der Waals surface area contributed by atoms with Crippen molar-refractivity contribution >= 4 is 23.3 Å². The highest BCUT2D eigenvalue weighted by molar-refractivity contribution is 7.80. The Morgan fingerprint density at radius 1 is 1.35 bits per heavy atom. The van der Waals surface area contributed by atoms with E-state index in [2.05, 4.69) is 16.8 Å². The maximum atomic E-state index is 12.1. The molecule has 0 spiro atoms. The minimum Gasteiger partial charge on any atom is -0.445 e. The van der Waals surface area contributed by atoms with Crippen LogP contribution in [0.15, 0.2) is 42.5 Å². The first-order chi connectivity index (χ1) is 11.1. The van der Waals surface area contributed by atoms with Gasteiger partial charge < -0.3 is 15.0 Å². The van der Waals surface area contributed by atoms with Crippen LogP contribution < -0.4 is 5.32 Å². The molecule has 2 rings (SSSR count). The highest BCUT2D eigenvalue weighted by Gasteiger charge is 2.24. The van der Waals surface area contributed by atoms with E-state index in [0.29, 0.717) is 6.42 Å². The molecule has 1 aliphatic rings. The summed E-state index contributed by atoms with van der Waals surface area (Å²) in [7, 11) is 0. The van der Waals surface area contributed by atoms with Crippen LogP contribution >= 0.6 is 12.2 Å². The van der Waals surface area contributed by atoms with Gasteiger partial charge in [0.2, 0.25) is 0 Å². The maximum Gasteiger partial charge on any atom is 0.408 e. The summed E-state index contributed by atoms with van der Waals surface area (Å²) in [6.07, 6.45) is 2.49. The maximum absolute atomic E-state index is 12.1. The van der Waals surface area contributed by atoms with E-state index in [4.69, 9.17) is 17.0 Å². The molecule has 1 aromatic carbocycles. The van der Waals surface area contributed by atoms with Crippen molar-refractivity contribution in [1.82, 2.24) is 10.2 Å². The zero-order chi connectivity index (χ0) is 16.7. The number of ether oxygens (including phenoxy) is 1. The highest BCUT2D eigenvalue weighted by atomic mass is 32.1. The van der Waals surface area contributed by atoms with Gasteiger partial charge in [-0.05, 0) is 31.7 Å². The Morgan fingerprint density at radius 3 is 2.61 bits per heavy atom. The third-order valence-corrected chi connectivity index (χ3v) is 4.32. The SMILES string of the molecule is C=C(C)C[C@@H](NC(=O)OCc1ccccc1)C(=S)N1CCCC1. The van der Waals surface area contributed by atoms with Crippen LogP contribution in [-0.2, 0) is 11.3 Å². The lowest BCUT2D eigenvalue weighted by atomic mass is 10.1. The predicted molar refractivity (Wildman–Crippen MR) is 96.4 cm³/mol. The molecule has 23 heavy (non-hydrogen) atoms. The van der Waals surface area contributed by atoms with Gasteiger partial charge >= 0.3 is 6.09 Å². The minimum atomic E-state index is -0.443. The number of likely N-dealkylation sites (tertiary alicyclic amines) is 1. The molecule has 5 heteroatoms. The Bertz CT molecular complexity index is 553. The second-order valence-electron chi connectivity index (χ2n) is 5.95. The summed E-state index contributed by atoms with van der Waals surface area (Å²) in [5.74, 6) is 0. The lowest BCUT2D eigenvalue weighted by molar-refractivity contribution is 0.137. The van der Waals surface area contributed by atoms with Gasteiger partial charge in [0.1, 0.15) is 11.6 Å². The monoisotopic (exact) mass is 332 g/mol. The number of rotatable bonds is 6. The number of nitrogens with zero attached hydrogens (tertiary/aromatic N) is 1. The normalized spacial score (nSPS) is 15.1. The van der Waals surface area contributed by atoms with E-state index in [1.165, 1.54) is 0 Å². The van der Waals surface area contributed by atoms with Gasteiger partial charge in [-0.2, -0.15) is 0 Å². The van der Waals surface area contributed by atoms with E-state index in [9.17, 15) is 4.79 Å². The molecular weight excluding hydrogens is 308 g/mol. The van der Waals surface area contributed by atoms with Gasteiger partial charge in [0.25, 0.3) is 0 Å². The fourth-order valence-corrected chi connectivity index (χ4v) is 2.94. The first-order valence-electron chi connectivity index (χ1n) is 7.96. The van der Waals surface area contributed by atoms with E-state index in [1.807, 2.05) is 37.3 Å². The molecule has 0 aromatic heterocycles. The molecule has 4 nitrogen and oxygen atoms in total. The summed E-state index contributed by atoms with van der Waals surface area (Å²) in [5.41, 5.74) is 1.95. The van der Waals surface area contributed by atoms with E-state index >= 15 is 0 Å². The van der Waals surface area contributed by atoms with Gasteiger partial charge in [0.05, 0.1) is 6.04 Å². The van der Waals surface area contributed by atoms with Crippen molar-refractivity contribution in [2.75, 3.05) is 13.1 Å². The molecule has 1 aliphatic heterocycles. The fourth-order valence-electron chi connectivity index (χ4n) is 2.61. The summed E-state index contributed by atoms with van der Waals surface area (Å²) in [5, 5.41) is 2.89. The Kier molecular flexibility index (Phi) is 6.59. The minimum absolute atomic E-state index is 0.233. The van der Waals surface area contributed by atoms with Crippen molar-refractivity contribution in [3.05, 3.63) is 48.0 Å². The van der Waals surface area contributed by atoms with Gasteiger partial charge in [-0.3, -0.25) is 0 Å². The lowest BCUT2D eigenvalue weighted by Crippen LogP contribution is -2.47. The molecule has 1 N–H and O–H groups in total. The number of alkyl carbamates (subject to hydrolysis) is 1. The van der Waals surface area contributed by atoms with Crippen LogP contribution in [0.3, 0.4) is 0 Å². The molecule has 1 atom stereocenters. The Labute approximate surface area is 143 Å². The van der Waals surface area contributed by atoms with Gasteiger partial charge in [-0.1, -0.05) is 48.1 Å². The molecule has 124 valence electrons. The predicted octanol–water partition coefficient (Wildman–Crippen LogP) is 3.67. The Balaban J connectivity index is 1.89. The molecule has 0 aliphatic carbocycles. The molecule has 0 saturated carbocycles. The second-order valence-corrected chi connectivity index (χ2v) is 6.37. The van der Waals surface area contributed by atoms with Crippen molar-refractivity contribution in [2.24, 2.45) is 0 Å². The van der Waals surface area contributed by atoms with Crippen molar-refractivity contribution in [3.8, 4) is 0 Å². The first kappa shape index (κ1) is 17.5. The third kappa shape index (κ3) is 5.67. The van der Waals surface area contributed by atoms with Crippen LogP contribution in [0.4, 0.5) is 4.79 Å². The first-order valence-corrected chi connectivity index (χ1v) is 8.37. The number of hydrogen-bond donors (Lipinski definition) is 1. The molecular formula is C18H24N2O2S. The number of hydrogen-bond acceptors (Lipinski definition) is 3. The Morgan fingerprint density at radius 2 is 2.00 bits per heavy atom. The molecule has 1 aromatic rings. The van der Waals surface area contributed by atoms with Crippen molar-refractivity contribution < 1.29 is 9.53 Å². The molecule has 0 unspecified atom stereocenters. The highest BCUT2D eigenvalue weighted by Crippen LogP contribution is 2.14. The Hall–Kier alpha value is -1.88. The quantitative estimate of drug-likeness (QED) is 0.637. The third-order valence-electron chi connectivity index (χ3n) is 3.77. The van der Waals surface area contributed by atoms with Crippen molar-refractivity contribution in [3.63, 3.8) is 0 Å². The lowest BCUT2D eigenvalue weighted by Gasteiger charge is -2.27. The average molecular weight is 332 g/mol. The number of benzene rings is 1.